The van der Waals surface area contributed by atoms with Crippen molar-refractivity contribution < 1.29 is 18.7 Å². The average Bonchev–Trinajstić information content (AvgIpc) is 2.23. The van der Waals surface area contributed by atoms with Crippen LogP contribution in [0.5, 0.6) is 0 Å². The van der Waals surface area contributed by atoms with Gasteiger partial charge in [0.1, 0.15) is 0 Å². The summed E-state index contributed by atoms with van der Waals surface area (Å²) >= 11 is 0. The third-order valence-electron chi connectivity index (χ3n) is 1.78. The number of carboxylic acid groups (broad SMARTS) is 1. The summed E-state index contributed by atoms with van der Waals surface area (Å²) in [5.74, 6) is 1.39. The van der Waals surface area contributed by atoms with Gasteiger partial charge >= 0.3 is 5.97 Å². The molecule has 0 saturated heterocycles. The smallest absolute Gasteiger partial charge is 0.337 e. The van der Waals surface area contributed by atoms with Crippen LogP contribution in [0.3, 0.4) is 0 Å². The molecule has 0 bridgehead atoms. The van der Waals surface area contributed by atoms with E-state index in [2.05, 4.69) is 17.2 Å². The molecule has 5 heteroatoms. The van der Waals surface area contributed by atoms with Gasteiger partial charge in [-0.1, -0.05) is 11.8 Å². The molecule has 16 heavy (non-hydrogen) atoms. The van der Waals surface area contributed by atoms with Gasteiger partial charge in [0, 0.05) is 5.56 Å². The Morgan fingerprint density at radius 2 is 2.06 bits per heavy atom. The summed E-state index contributed by atoms with van der Waals surface area (Å²) in [5, 5.41) is 11.5. The first-order valence-electron chi connectivity index (χ1n) is 4.42. The second kappa shape index (κ2) is 5.24. The number of rotatable bonds is 2. The lowest BCUT2D eigenvalue weighted by atomic mass is 10.1. The number of hydrogen-bond donors (Lipinski definition) is 2. The van der Waals surface area contributed by atoms with Gasteiger partial charge < -0.3 is 10.4 Å². The number of carboxylic acids is 1. The van der Waals surface area contributed by atoms with Crippen molar-refractivity contribution in [3.05, 3.63) is 34.9 Å². The van der Waals surface area contributed by atoms with Crippen molar-refractivity contribution in [3.8, 4) is 11.8 Å². The van der Waals surface area contributed by atoms with E-state index >= 15 is 0 Å². The van der Waals surface area contributed by atoms with Crippen molar-refractivity contribution in [2.45, 2.75) is 0 Å². The van der Waals surface area contributed by atoms with E-state index in [1.165, 1.54) is 0 Å². The first-order chi connectivity index (χ1) is 7.56. The highest BCUT2D eigenvalue weighted by Gasteiger charge is 2.13. The van der Waals surface area contributed by atoms with E-state index in [4.69, 9.17) is 5.11 Å². The van der Waals surface area contributed by atoms with Gasteiger partial charge in [0.2, 0.25) is 0 Å². The number of hydrogen-bond acceptors (Lipinski definition) is 2. The van der Waals surface area contributed by atoms with E-state index in [9.17, 15) is 13.6 Å². The van der Waals surface area contributed by atoms with Crippen LogP contribution in [0.4, 0.5) is 8.78 Å². The highest BCUT2D eigenvalue weighted by atomic mass is 19.2. The van der Waals surface area contributed by atoms with Gasteiger partial charge in [0.05, 0.1) is 12.1 Å². The summed E-state index contributed by atoms with van der Waals surface area (Å²) in [5.41, 5.74) is -0.385. The molecule has 1 rings (SSSR count). The Morgan fingerprint density at radius 1 is 1.44 bits per heavy atom. The molecule has 0 aliphatic heterocycles. The predicted octanol–water partition coefficient (Wildman–Crippen LogP) is 1.23. The van der Waals surface area contributed by atoms with Crippen molar-refractivity contribution in [2.24, 2.45) is 0 Å². The lowest BCUT2D eigenvalue weighted by molar-refractivity contribution is 0.0696. The number of carbonyl (C=O) groups is 1. The Morgan fingerprint density at radius 3 is 2.62 bits per heavy atom. The summed E-state index contributed by atoms with van der Waals surface area (Å²) in [4.78, 5) is 10.7. The number of halogens is 2. The largest absolute Gasteiger partial charge is 0.478 e. The van der Waals surface area contributed by atoms with Gasteiger partial charge in [-0.05, 0) is 19.2 Å². The molecule has 0 fully saturated rings. The van der Waals surface area contributed by atoms with Gasteiger partial charge in [-0.15, -0.1) is 0 Å². The maximum absolute atomic E-state index is 12.9. The summed E-state index contributed by atoms with van der Waals surface area (Å²) in [6.07, 6.45) is 0. The van der Waals surface area contributed by atoms with E-state index < -0.39 is 17.6 Å². The normalized spacial score (nSPS) is 9.44. The molecule has 0 aromatic heterocycles. The number of aromatic carboxylic acids is 1. The Balaban J connectivity index is 3.21. The molecule has 0 radical (unpaired) electrons. The molecule has 0 aliphatic carbocycles. The van der Waals surface area contributed by atoms with Gasteiger partial charge in [0.15, 0.2) is 11.6 Å². The zero-order chi connectivity index (χ0) is 12.1. The SMILES string of the molecule is CNCC#Cc1cc(F)c(F)cc1C(=O)O. The van der Waals surface area contributed by atoms with Crippen LogP contribution in [0.25, 0.3) is 0 Å². The molecule has 0 heterocycles. The van der Waals surface area contributed by atoms with Crippen LogP contribution >= 0.6 is 0 Å². The third-order valence-corrected chi connectivity index (χ3v) is 1.78. The standard InChI is InChI=1S/C11H9F2NO2/c1-14-4-2-3-7-5-9(12)10(13)6-8(7)11(15)16/h5-6,14H,4H2,1H3,(H,15,16). The van der Waals surface area contributed by atoms with E-state index in [1.807, 2.05) is 0 Å². The molecule has 0 aliphatic rings. The van der Waals surface area contributed by atoms with Gasteiger partial charge in [-0.25, -0.2) is 13.6 Å². The van der Waals surface area contributed by atoms with Crippen molar-refractivity contribution in [1.29, 1.82) is 0 Å². The van der Waals surface area contributed by atoms with E-state index in [1.54, 1.807) is 7.05 Å². The first-order valence-corrected chi connectivity index (χ1v) is 4.42. The second-order valence-electron chi connectivity index (χ2n) is 2.95. The quantitative estimate of drug-likeness (QED) is 0.744. The topological polar surface area (TPSA) is 49.3 Å². The van der Waals surface area contributed by atoms with Crippen LogP contribution in [0.15, 0.2) is 12.1 Å². The van der Waals surface area contributed by atoms with Crippen molar-refractivity contribution in [1.82, 2.24) is 5.32 Å². The van der Waals surface area contributed by atoms with Gasteiger partial charge in [-0.2, -0.15) is 0 Å². The van der Waals surface area contributed by atoms with Crippen molar-refractivity contribution >= 4 is 5.97 Å². The number of nitrogens with one attached hydrogen (secondary N) is 1. The molecule has 0 saturated carbocycles. The fourth-order valence-corrected chi connectivity index (χ4v) is 1.06. The fraction of sp³-hybridized carbons (Fsp3) is 0.182. The predicted molar refractivity (Wildman–Crippen MR) is 54.1 cm³/mol. The Kier molecular flexibility index (Phi) is 3.97. The lowest BCUT2D eigenvalue weighted by Gasteiger charge is -2.00. The third kappa shape index (κ3) is 2.78. The summed E-state index contributed by atoms with van der Waals surface area (Å²) < 4.78 is 25.7. The van der Waals surface area contributed by atoms with Crippen LogP contribution in [-0.4, -0.2) is 24.7 Å². The van der Waals surface area contributed by atoms with Crippen LogP contribution in [0.2, 0.25) is 0 Å². The fourth-order valence-electron chi connectivity index (χ4n) is 1.06. The summed E-state index contributed by atoms with van der Waals surface area (Å²) in [6.45, 7) is 0.331. The zero-order valence-corrected chi connectivity index (χ0v) is 8.47. The lowest BCUT2D eigenvalue weighted by Crippen LogP contribution is -2.06. The average molecular weight is 225 g/mol. The maximum atomic E-state index is 12.9. The molecule has 1 aromatic carbocycles. The van der Waals surface area contributed by atoms with E-state index in [0.717, 1.165) is 6.07 Å². The van der Waals surface area contributed by atoms with E-state index in [0.29, 0.717) is 12.6 Å². The monoisotopic (exact) mass is 225 g/mol. The molecule has 0 atom stereocenters. The minimum Gasteiger partial charge on any atom is -0.478 e. The highest BCUT2D eigenvalue weighted by Crippen LogP contribution is 2.14. The minimum atomic E-state index is -1.34. The van der Waals surface area contributed by atoms with Crippen molar-refractivity contribution in [3.63, 3.8) is 0 Å². The molecule has 0 amide bonds. The molecular weight excluding hydrogens is 216 g/mol. The van der Waals surface area contributed by atoms with E-state index in [-0.39, 0.29) is 11.1 Å². The van der Waals surface area contributed by atoms with Crippen LogP contribution in [-0.2, 0) is 0 Å². The Labute approximate surface area is 91.1 Å². The van der Waals surface area contributed by atoms with Crippen LogP contribution < -0.4 is 5.32 Å². The molecule has 1 aromatic rings. The van der Waals surface area contributed by atoms with Crippen LogP contribution in [0, 0.1) is 23.5 Å². The molecule has 84 valence electrons. The Bertz CT molecular complexity index is 475. The van der Waals surface area contributed by atoms with Gasteiger partial charge in [0.25, 0.3) is 0 Å². The van der Waals surface area contributed by atoms with Crippen molar-refractivity contribution in [2.75, 3.05) is 13.6 Å². The summed E-state index contributed by atoms with van der Waals surface area (Å²) in [7, 11) is 1.66. The zero-order valence-electron chi connectivity index (χ0n) is 8.47. The maximum Gasteiger partial charge on any atom is 0.337 e. The molecule has 2 N–H and O–H groups in total. The molecule has 0 unspecified atom stereocenters. The first kappa shape index (κ1) is 12.1. The molecule has 0 spiro atoms. The number of benzene rings is 1. The minimum absolute atomic E-state index is 0.0401. The van der Waals surface area contributed by atoms with Crippen LogP contribution in [0.1, 0.15) is 15.9 Å². The summed E-state index contributed by atoms with van der Waals surface area (Å²) in [6, 6.07) is 1.41. The van der Waals surface area contributed by atoms with Gasteiger partial charge in [-0.3, -0.25) is 0 Å². The highest BCUT2D eigenvalue weighted by molar-refractivity contribution is 5.90. The second-order valence-corrected chi connectivity index (χ2v) is 2.95. The molecule has 3 nitrogen and oxygen atoms in total. The molecular formula is C11H9F2NO2. The Hall–Kier alpha value is -1.93.